The van der Waals surface area contributed by atoms with Gasteiger partial charge in [-0.25, -0.2) is 10.0 Å². The minimum absolute atomic E-state index is 0.153. The largest absolute Gasteiger partial charge is 0.593 e. The van der Waals surface area contributed by atoms with E-state index in [0.29, 0.717) is 23.7 Å². The molecule has 3 N–H and O–H groups in total. The third kappa shape index (κ3) is 3.68. The maximum absolute atomic E-state index is 12.1. The van der Waals surface area contributed by atoms with Gasteiger partial charge in [-0.3, -0.25) is 0 Å². The van der Waals surface area contributed by atoms with Crippen molar-refractivity contribution >= 4 is 17.3 Å². The molecule has 2 aromatic carbocycles. The van der Waals surface area contributed by atoms with Gasteiger partial charge in [-0.05, 0) is 32.0 Å². The number of anilines is 1. The highest BCUT2D eigenvalue weighted by Gasteiger charge is 2.36. The zero-order valence-corrected chi connectivity index (χ0v) is 15.6. The molecule has 0 spiro atoms. The standard InChI is InChI=1S/C19H22N2O6/c1-19(2)10-14-15(9-13(18(22)25-4)16(20)17(14)27-19)26-12-7-5-11(6-8-12)21(3,23)24/h5-9,23H,10,20H2,1-4H3. The number of carbonyl (C=O) groups excluding carboxylic acids is 1. The lowest BCUT2D eigenvalue weighted by Gasteiger charge is -2.27. The van der Waals surface area contributed by atoms with Gasteiger partial charge in [0.05, 0.1) is 18.4 Å². The number of nitrogen functional groups attached to an aromatic ring is 1. The predicted molar refractivity (Wildman–Crippen MR) is 100.0 cm³/mol. The van der Waals surface area contributed by atoms with Crippen molar-refractivity contribution in [1.82, 2.24) is 4.81 Å². The van der Waals surface area contributed by atoms with Gasteiger partial charge in [0.15, 0.2) is 11.4 Å². The lowest BCUT2D eigenvalue weighted by molar-refractivity contribution is -0.00442. The van der Waals surface area contributed by atoms with Gasteiger partial charge in [0.1, 0.15) is 24.1 Å². The maximum Gasteiger partial charge on any atom is 0.340 e. The van der Waals surface area contributed by atoms with E-state index in [9.17, 15) is 15.2 Å². The smallest absolute Gasteiger partial charge is 0.340 e. The zero-order chi connectivity index (χ0) is 20.0. The molecule has 1 aliphatic rings. The van der Waals surface area contributed by atoms with Gasteiger partial charge in [-0.1, -0.05) is 0 Å². The number of rotatable bonds is 4. The first-order valence-corrected chi connectivity index (χ1v) is 8.33. The normalized spacial score (nSPS) is 16.8. The first-order chi connectivity index (χ1) is 12.5. The Balaban J connectivity index is 2.03. The number of quaternary nitrogens is 1. The molecule has 0 bridgehead atoms. The van der Waals surface area contributed by atoms with Crippen molar-refractivity contribution in [3.05, 3.63) is 46.7 Å². The van der Waals surface area contributed by atoms with Crippen LogP contribution in [0.1, 0.15) is 29.8 Å². The quantitative estimate of drug-likeness (QED) is 0.365. The van der Waals surface area contributed by atoms with Crippen molar-refractivity contribution in [3.8, 4) is 17.2 Å². The molecular formula is C19H22N2O6. The number of nitrogens with two attached hydrogens (primary N) is 1. The first kappa shape index (κ1) is 19.0. The Bertz CT molecular complexity index is 885. The van der Waals surface area contributed by atoms with Crippen LogP contribution in [0, 0.1) is 5.21 Å². The van der Waals surface area contributed by atoms with E-state index in [1.807, 2.05) is 13.8 Å². The molecule has 0 fully saturated rings. The minimum atomic E-state index is -1.54. The summed E-state index contributed by atoms with van der Waals surface area (Å²) in [6.45, 7) is 3.83. The van der Waals surface area contributed by atoms with Crippen LogP contribution in [0.3, 0.4) is 0 Å². The van der Waals surface area contributed by atoms with Gasteiger partial charge in [-0.2, -0.15) is 4.81 Å². The van der Waals surface area contributed by atoms with Crippen LogP contribution >= 0.6 is 0 Å². The SMILES string of the molecule is COC(=O)c1cc(Oc2ccc([N+](C)([O-])O)cc2)c2c(c1N)OC(C)(C)C2. The number of fused-ring (bicyclic) bond motifs is 1. The average molecular weight is 374 g/mol. The predicted octanol–water partition coefficient (Wildman–Crippen LogP) is 3.39. The van der Waals surface area contributed by atoms with Crippen molar-refractivity contribution in [2.24, 2.45) is 0 Å². The Labute approximate surface area is 156 Å². The molecule has 27 heavy (non-hydrogen) atoms. The molecule has 0 aliphatic carbocycles. The number of methoxy groups -OCH3 is 1. The summed E-state index contributed by atoms with van der Waals surface area (Å²) in [6, 6.07) is 7.56. The highest BCUT2D eigenvalue weighted by molar-refractivity contribution is 5.98. The highest BCUT2D eigenvalue weighted by atomic mass is 16.8. The summed E-state index contributed by atoms with van der Waals surface area (Å²) < 4.78 is 16.6. The fourth-order valence-corrected chi connectivity index (χ4v) is 3.00. The molecule has 0 saturated carbocycles. The number of hydroxylamine groups is 2. The Morgan fingerprint density at radius 2 is 1.96 bits per heavy atom. The molecule has 1 aliphatic heterocycles. The molecular weight excluding hydrogens is 352 g/mol. The molecule has 1 heterocycles. The van der Waals surface area contributed by atoms with E-state index in [0.717, 1.165) is 12.6 Å². The summed E-state index contributed by atoms with van der Waals surface area (Å²) in [4.78, 5) is 10.5. The molecule has 8 nitrogen and oxygen atoms in total. The molecule has 3 rings (SSSR count). The molecule has 0 amide bonds. The molecule has 0 saturated heterocycles. The van der Waals surface area contributed by atoms with Crippen molar-refractivity contribution in [1.29, 1.82) is 0 Å². The summed E-state index contributed by atoms with van der Waals surface area (Å²) in [5.41, 5.74) is 6.90. The van der Waals surface area contributed by atoms with Gasteiger partial charge in [0.25, 0.3) is 0 Å². The summed E-state index contributed by atoms with van der Waals surface area (Å²) in [6.07, 6.45) is 0.549. The van der Waals surface area contributed by atoms with Crippen molar-refractivity contribution in [2.75, 3.05) is 19.9 Å². The Morgan fingerprint density at radius 1 is 1.33 bits per heavy atom. The highest BCUT2D eigenvalue weighted by Crippen LogP contribution is 2.47. The second-order valence-electron chi connectivity index (χ2n) is 7.15. The number of nitrogens with zero attached hydrogens (tertiary/aromatic N) is 1. The van der Waals surface area contributed by atoms with E-state index in [1.165, 1.54) is 25.3 Å². The molecule has 144 valence electrons. The third-order valence-corrected chi connectivity index (χ3v) is 4.31. The number of ether oxygens (including phenoxy) is 3. The molecule has 0 radical (unpaired) electrons. The van der Waals surface area contributed by atoms with E-state index < -0.39 is 16.4 Å². The van der Waals surface area contributed by atoms with Gasteiger partial charge in [-0.15, -0.1) is 0 Å². The molecule has 0 aromatic heterocycles. The van der Waals surface area contributed by atoms with Crippen molar-refractivity contribution in [3.63, 3.8) is 0 Å². The summed E-state index contributed by atoms with van der Waals surface area (Å²) >= 11 is 0. The van der Waals surface area contributed by atoms with Gasteiger partial charge < -0.3 is 25.2 Å². The van der Waals surface area contributed by atoms with Crippen LogP contribution in [0.25, 0.3) is 0 Å². The molecule has 2 aromatic rings. The van der Waals surface area contributed by atoms with E-state index >= 15 is 0 Å². The maximum atomic E-state index is 12.1. The van der Waals surface area contributed by atoms with Crippen LogP contribution in [0.5, 0.6) is 17.2 Å². The van der Waals surface area contributed by atoms with Crippen LogP contribution in [0.4, 0.5) is 11.4 Å². The summed E-state index contributed by atoms with van der Waals surface area (Å²) in [5.74, 6) is 0.665. The second-order valence-corrected chi connectivity index (χ2v) is 7.15. The number of hydrogen-bond donors (Lipinski definition) is 2. The topological polar surface area (TPSA) is 114 Å². The Morgan fingerprint density at radius 3 is 2.52 bits per heavy atom. The Hall–Kier alpha value is -2.81. The summed E-state index contributed by atoms with van der Waals surface area (Å²) in [7, 11) is 2.37. The van der Waals surface area contributed by atoms with Gasteiger partial charge >= 0.3 is 5.97 Å². The monoisotopic (exact) mass is 374 g/mol. The van der Waals surface area contributed by atoms with Crippen LogP contribution in [0.15, 0.2) is 30.3 Å². The van der Waals surface area contributed by atoms with Crippen LogP contribution in [-0.4, -0.2) is 30.9 Å². The fraction of sp³-hybridized carbons (Fsp3) is 0.316. The number of hydrogen-bond acceptors (Lipinski definition) is 7. The van der Waals surface area contributed by atoms with Crippen molar-refractivity contribution < 1.29 is 24.2 Å². The third-order valence-electron chi connectivity index (χ3n) is 4.31. The second kappa shape index (κ2) is 6.41. The lowest BCUT2D eigenvalue weighted by atomic mass is 9.99. The van der Waals surface area contributed by atoms with E-state index in [1.54, 1.807) is 12.1 Å². The van der Waals surface area contributed by atoms with Crippen LogP contribution in [-0.2, 0) is 11.2 Å². The number of benzene rings is 2. The number of carbonyl (C=O) groups is 1. The fourth-order valence-electron chi connectivity index (χ4n) is 3.00. The van der Waals surface area contributed by atoms with Crippen molar-refractivity contribution in [2.45, 2.75) is 25.9 Å². The minimum Gasteiger partial charge on any atom is -0.593 e. The Kier molecular flexibility index (Phi) is 4.51. The van der Waals surface area contributed by atoms with E-state index in [-0.39, 0.29) is 16.9 Å². The number of esters is 1. The lowest BCUT2D eigenvalue weighted by Crippen LogP contribution is -2.33. The molecule has 1 unspecified atom stereocenters. The van der Waals surface area contributed by atoms with Gasteiger partial charge in [0.2, 0.25) is 0 Å². The van der Waals surface area contributed by atoms with E-state index in [4.69, 9.17) is 19.9 Å². The van der Waals surface area contributed by atoms with Crippen LogP contribution < -0.4 is 20.0 Å². The summed E-state index contributed by atoms with van der Waals surface area (Å²) in [5, 5.41) is 21.0. The van der Waals surface area contributed by atoms with Crippen LogP contribution in [0.2, 0.25) is 0 Å². The average Bonchev–Trinajstić information content (AvgIpc) is 2.92. The molecule has 8 heteroatoms. The van der Waals surface area contributed by atoms with Gasteiger partial charge in [0, 0.05) is 24.1 Å². The first-order valence-electron chi connectivity index (χ1n) is 8.33. The molecule has 1 atom stereocenters. The zero-order valence-electron chi connectivity index (χ0n) is 15.6. The van der Waals surface area contributed by atoms with E-state index in [2.05, 4.69) is 0 Å².